The molecule has 6 heteroatoms. The molecule has 0 aromatic heterocycles. The van der Waals surface area contributed by atoms with Crippen molar-refractivity contribution in [3.05, 3.63) is 35.1 Å². The molecule has 1 rings (SSSR count). The molecule has 2 nitrogen and oxygen atoms in total. The van der Waals surface area contributed by atoms with Crippen molar-refractivity contribution in [2.24, 2.45) is 5.92 Å². The lowest BCUT2D eigenvalue weighted by Gasteiger charge is -2.09. The van der Waals surface area contributed by atoms with Gasteiger partial charge in [0.05, 0.1) is 5.56 Å². The molecule has 0 amide bonds. The van der Waals surface area contributed by atoms with Crippen molar-refractivity contribution in [1.29, 1.82) is 0 Å². The van der Waals surface area contributed by atoms with Crippen molar-refractivity contribution in [3.8, 4) is 0 Å². The second-order valence-corrected chi connectivity index (χ2v) is 4.54. The zero-order chi connectivity index (χ0) is 14.7. The van der Waals surface area contributed by atoms with Gasteiger partial charge >= 0.3 is 0 Å². The van der Waals surface area contributed by atoms with E-state index < -0.39 is 40.8 Å². The predicted molar refractivity (Wildman–Crippen MR) is 60.0 cm³/mol. The van der Waals surface area contributed by atoms with E-state index in [1.807, 2.05) is 0 Å². The van der Waals surface area contributed by atoms with Crippen LogP contribution in [0.3, 0.4) is 0 Å². The van der Waals surface area contributed by atoms with Gasteiger partial charge in [0, 0.05) is 18.6 Å². The highest BCUT2D eigenvalue weighted by Gasteiger charge is 2.31. The lowest BCUT2D eigenvalue weighted by Crippen LogP contribution is -2.28. The minimum Gasteiger partial charge on any atom is -0.296 e. The second-order valence-electron chi connectivity index (χ2n) is 4.54. The number of benzene rings is 1. The van der Waals surface area contributed by atoms with E-state index in [0.29, 0.717) is 0 Å². The number of ketones is 2. The fourth-order valence-corrected chi connectivity index (χ4v) is 1.56. The molecular formula is C13H12F4O2. The van der Waals surface area contributed by atoms with Crippen molar-refractivity contribution in [2.45, 2.75) is 26.4 Å². The van der Waals surface area contributed by atoms with E-state index in [4.69, 9.17) is 0 Å². The third-order valence-corrected chi connectivity index (χ3v) is 2.38. The van der Waals surface area contributed by atoms with Crippen molar-refractivity contribution >= 4 is 11.6 Å². The molecule has 0 N–H and O–H groups in total. The molecular weight excluding hydrogens is 264 g/mol. The van der Waals surface area contributed by atoms with Crippen LogP contribution in [-0.2, 0) is 4.79 Å². The number of Topliss-reactive ketones (excluding diaryl/α,β-unsaturated/α-hetero) is 2. The first-order valence-corrected chi connectivity index (χ1v) is 5.59. The molecule has 0 bridgehead atoms. The van der Waals surface area contributed by atoms with Crippen LogP contribution in [0.25, 0.3) is 0 Å². The number of carbonyl (C=O) groups excluding carboxylic acids is 2. The molecule has 0 aliphatic heterocycles. The fourth-order valence-electron chi connectivity index (χ4n) is 1.56. The largest absolute Gasteiger partial charge is 0.296 e. The minimum atomic E-state index is -2.64. The molecule has 0 aliphatic carbocycles. The van der Waals surface area contributed by atoms with Crippen LogP contribution in [0.2, 0.25) is 0 Å². The van der Waals surface area contributed by atoms with Gasteiger partial charge in [0.1, 0.15) is 17.5 Å². The van der Waals surface area contributed by atoms with E-state index in [1.165, 1.54) is 0 Å². The van der Waals surface area contributed by atoms with Crippen LogP contribution in [0.1, 0.15) is 30.6 Å². The molecule has 19 heavy (non-hydrogen) atoms. The highest BCUT2D eigenvalue weighted by Crippen LogP contribution is 2.19. The van der Waals surface area contributed by atoms with Gasteiger partial charge < -0.3 is 0 Å². The van der Waals surface area contributed by atoms with Crippen LogP contribution < -0.4 is 0 Å². The first kappa shape index (κ1) is 15.3. The third kappa shape index (κ3) is 3.62. The molecule has 104 valence electrons. The second kappa shape index (κ2) is 5.95. The van der Waals surface area contributed by atoms with E-state index in [1.54, 1.807) is 13.8 Å². The Bertz CT molecular complexity index is 488. The van der Waals surface area contributed by atoms with Crippen LogP contribution in [0.15, 0.2) is 12.1 Å². The SMILES string of the molecule is CC(C)CC(=O)C(F)C(=O)c1c(F)cc(F)cc1F. The Morgan fingerprint density at radius 1 is 1.11 bits per heavy atom. The Balaban J connectivity index is 3.04. The number of hydrogen-bond acceptors (Lipinski definition) is 2. The van der Waals surface area contributed by atoms with Crippen LogP contribution in [0, 0.1) is 23.4 Å². The maximum Gasteiger partial charge on any atom is 0.221 e. The lowest BCUT2D eigenvalue weighted by atomic mass is 9.98. The monoisotopic (exact) mass is 276 g/mol. The molecule has 1 aromatic rings. The summed E-state index contributed by atoms with van der Waals surface area (Å²) in [5, 5.41) is 0. The molecule has 0 spiro atoms. The van der Waals surface area contributed by atoms with E-state index in [9.17, 15) is 27.2 Å². The number of carbonyl (C=O) groups is 2. The first-order chi connectivity index (χ1) is 8.73. The Morgan fingerprint density at radius 2 is 1.58 bits per heavy atom. The summed E-state index contributed by atoms with van der Waals surface area (Å²) in [5.74, 6) is -7.15. The van der Waals surface area contributed by atoms with Gasteiger partial charge in [-0.3, -0.25) is 9.59 Å². The Labute approximate surface area is 107 Å². The number of halogens is 4. The fraction of sp³-hybridized carbons (Fsp3) is 0.385. The Morgan fingerprint density at radius 3 is 2.00 bits per heavy atom. The summed E-state index contributed by atoms with van der Waals surface area (Å²) in [5.41, 5.74) is -1.23. The standard InChI is InChI=1S/C13H12F4O2/c1-6(2)3-10(18)12(17)13(19)11-8(15)4-7(14)5-9(11)16/h4-6,12H,3H2,1-2H3. The van der Waals surface area contributed by atoms with Crippen LogP contribution >= 0.6 is 0 Å². The van der Waals surface area contributed by atoms with E-state index in [2.05, 4.69) is 0 Å². The molecule has 0 radical (unpaired) electrons. The molecule has 0 saturated heterocycles. The van der Waals surface area contributed by atoms with E-state index in [-0.39, 0.29) is 24.5 Å². The molecule has 0 saturated carbocycles. The molecule has 1 unspecified atom stereocenters. The summed E-state index contributed by atoms with van der Waals surface area (Å²) >= 11 is 0. The summed E-state index contributed by atoms with van der Waals surface area (Å²) in [6.07, 6.45) is -2.87. The number of alkyl halides is 1. The van der Waals surface area contributed by atoms with Crippen molar-refractivity contribution < 1.29 is 27.2 Å². The quantitative estimate of drug-likeness (QED) is 0.470. The summed E-state index contributed by atoms with van der Waals surface area (Å²) in [6.45, 7) is 3.27. The van der Waals surface area contributed by atoms with Gasteiger partial charge in [-0.05, 0) is 5.92 Å². The van der Waals surface area contributed by atoms with Gasteiger partial charge in [-0.2, -0.15) is 0 Å². The predicted octanol–water partition coefficient (Wildman–Crippen LogP) is 3.24. The Kier molecular flexibility index (Phi) is 4.80. The average molecular weight is 276 g/mol. The highest BCUT2D eigenvalue weighted by atomic mass is 19.2. The maximum atomic E-state index is 13.6. The van der Waals surface area contributed by atoms with Crippen molar-refractivity contribution in [1.82, 2.24) is 0 Å². The zero-order valence-electron chi connectivity index (χ0n) is 10.3. The zero-order valence-corrected chi connectivity index (χ0v) is 10.3. The summed E-state index contributed by atoms with van der Waals surface area (Å²) in [7, 11) is 0. The lowest BCUT2D eigenvalue weighted by molar-refractivity contribution is -0.122. The van der Waals surface area contributed by atoms with Gasteiger partial charge in [-0.15, -0.1) is 0 Å². The third-order valence-electron chi connectivity index (χ3n) is 2.38. The molecule has 0 heterocycles. The average Bonchev–Trinajstić information content (AvgIpc) is 2.25. The van der Waals surface area contributed by atoms with E-state index >= 15 is 0 Å². The van der Waals surface area contributed by atoms with Crippen LogP contribution in [0.5, 0.6) is 0 Å². The van der Waals surface area contributed by atoms with Crippen molar-refractivity contribution in [2.75, 3.05) is 0 Å². The Hall–Kier alpha value is -1.72. The smallest absolute Gasteiger partial charge is 0.221 e. The van der Waals surface area contributed by atoms with Gasteiger partial charge in [0.25, 0.3) is 0 Å². The van der Waals surface area contributed by atoms with Crippen LogP contribution in [-0.4, -0.2) is 17.7 Å². The molecule has 1 aromatic carbocycles. The topological polar surface area (TPSA) is 34.1 Å². The summed E-state index contributed by atoms with van der Waals surface area (Å²) in [4.78, 5) is 22.9. The molecule has 0 aliphatic rings. The highest BCUT2D eigenvalue weighted by molar-refractivity contribution is 6.13. The van der Waals surface area contributed by atoms with Gasteiger partial charge in [-0.25, -0.2) is 17.6 Å². The molecule has 1 atom stereocenters. The maximum absolute atomic E-state index is 13.6. The first-order valence-electron chi connectivity index (χ1n) is 5.59. The van der Waals surface area contributed by atoms with Crippen LogP contribution in [0.4, 0.5) is 17.6 Å². The number of rotatable bonds is 5. The molecule has 0 fully saturated rings. The normalized spacial score (nSPS) is 12.6. The number of hydrogen-bond donors (Lipinski definition) is 0. The van der Waals surface area contributed by atoms with E-state index in [0.717, 1.165) is 0 Å². The van der Waals surface area contributed by atoms with Crippen molar-refractivity contribution in [3.63, 3.8) is 0 Å². The van der Waals surface area contributed by atoms with Gasteiger partial charge in [0.2, 0.25) is 12.0 Å². The summed E-state index contributed by atoms with van der Waals surface area (Å²) < 4.78 is 52.8. The van der Waals surface area contributed by atoms with Gasteiger partial charge in [0.15, 0.2) is 5.78 Å². The minimum absolute atomic E-state index is 0.193. The summed E-state index contributed by atoms with van der Waals surface area (Å²) in [6, 6.07) is 0.520. The van der Waals surface area contributed by atoms with Gasteiger partial charge in [-0.1, -0.05) is 13.8 Å².